The molecule has 1 aliphatic heterocycles. The van der Waals surface area contributed by atoms with Crippen LogP contribution in [0.15, 0.2) is 70.9 Å². The van der Waals surface area contributed by atoms with Crippen LogP contribution < -0.4 is 15.0 Å². The van der Waals surface area contributed by atoms with E-state index in [4.69, 9.17) is 4.74 Å². The number of benzene rings is 2. The summed E-state index contributed by atoms with van der Waals surface area (Å²) in [6.07, 6.45) is 4.55. The Morgan fingerprint density at radius 1 is 1.12 bits per heavy atom. The van der Waals surface area contributed by atoms with Crippen LogP contribution in [0.1, 0.15) is 44.0 Å². The molecule has 0 aliphatic carbocycles. The van der Waals surface area contributed by atoms with Gasteiger partial charge in [0.25, 0.3) is 5.91 Å². The zero-order valence-corrected chi connectivity index (χ0v) is 21.5. The number of allylic oxidation sites excluding steroid dienone is 2. The van der Waals surface area contributed by atoms with Gasteiger partial charge in [-0.15, -0.1) is 0 Å². The Kier molecular flexibility index (Phi) is 9.01. The predicted octanol–water partition coefficient (Wildman–Crippen LogP) is 6.48. The molecule has 0 radical (unpaired) electrons. The monoisotopic (exact) mass is 511 g/mol. The Morgan fingerprint density at radius 3 is 2.42 bits per heavy atom. The number of rotatable bonds is 9. The average molecular weight is 512 g/mol. The maximum Gasteiger partial charge on any atom is 0.255 e. The van der Waals surface area contributed by atoms with Crippen molar-refractivity contribution in [1.29, 1.82) is 0 Å². The van der Waals surface area contributed by atoms with E-state index in [-0.39, 0.29) is 5.91 Å². The molecule has 2 aromatic carbocycles. The summed E-state index contributed by atoms with van der Waals surface area (Å²) in [5.74, 6) is 0.583. The van der Waals surface area contributed by atoms with Crippen LogP contribution in [0, 0.1) is 0 Å². The van der Waals surface area contributed by atoms with Gasteiger partial charge in [-0.3, -0.25) is 4.79 Å². The molecule has 1 aliphatic rings. The van der Waals surface area contributed by atoms with Crippen LogP contribution >= 0.6 is 15.9 Å². The van der Waals surface area contributed by atoms with Crippen molar-refractivity contribution in [2.75, 3.05) is 43.0 Å². The fourth-order valence-corrected chi connectivity index (χ4v) is 4.33. The molecule has 0 saturated carbocycles. The molecule has 0 atom stereocenters. The second-order valence-corrected chi connectivity index (χ2v) is 9.03. The van der Waals surface area contributed by atoms with E-state index in [9.17, 15) is 4.79 Å². The van der Waals surface area contributed by atoms with Crippen molar-refractivity contribution in [3.8, 4) is 5.75 Å². The van der Waals surface area contributed by atoms with Gasteiger partial charge in [0, 0.05) is 48.8 Å². The first-order valence-electron chi connectivity index (χ1n) is 11.6. The Morgan fingerprint density at radius 2 is 1.82 bits per heavy atom. The summed E-state index contributed by atoms with van der Waals surface area (Å²) in [6, 6.07) is 13.4. The van der Waals surface area contributed by atoms with Crippen LogP contribution in [0.2, 0.25) is 0 Å². The number of halogens is 1. The molecule has 33 heavy (non-hydrogen) atoms. The number of amides is 1. The lowest BCUT2D eigenvalue weighted by atomic mass is 10.1. The van der Waals surface area contributed by atoms with Crippen LogP contribution in [-0.2, 0) is 0 Å². The molecule has 1 fully saturated rings. The normalized spacial score (nSPS) is 14.2. The predicted molar refractivity (Wildman–Crippen MR) is 141 cm³/mol. The molecule has 5 nitrogen and oxygen atoms in total. The topological polar surface area (TPSA) is 44.8 Å². The van der Waals surface area contributed by atoms with Crippen LogP contribution in [0.3, 0.4) is 0 Å². The van der Waals surface area contributed by atoms with Crippen molar-refractivity contribution in [1.82, 2.24) is 4.90 Å². The highest BCUT2D eigenvalue weighted by molar-refractivity contribution is 9.10. The number of nitrogens with one attached hydrogen (secondary N) is 1. The second kappa shape index (κ2) is 11.9. The maximum atomic E-state index is 12.6. The molecule has 1 heterocycles. The van der Waals surface area contributed by atoms with Gasteiger partial charge in [-0.25, -0.2) is 0 Å². The summed E-state index contributed by atoms with van der Waals surface area (Å²) in [5.41, 5.74) is 4.94. The maximum absolute atomic E-state index is 12.6. The molecular formula is C27H34BrN3O2. The van der Waals surface area contributed by atoms with Crippen LogP contribution in [-0.4, -0.2) is 43.6 Å². The van der Waals surface area contributed by atoms with Crippen molar-refractivity contribution in [3.63, 3.8) is 0 Å². The molecule has 0 aromatic heterocycles. The molecule has 0 bridgehead atoms. The number of carbonyl (C=O) groups is 1. The molecule has 176 valence electrons. The van der Waals surface area contributed by atoms with E-state index in [1.54, 1.807) is 18.2 Å². The lowest BCUT2D eigenvalue weighted by molar-refractivity contribution is 0.102. The minimum Gasteiger partial charge on any atom is -0.493 e. The highest BCUT2D eigenvalue weighted by Gasteiger charge is 2.19. The fraction of sp³-hybridized carbons (Fsp3) is 0.370. The van der Waals surface area contributed by atoms with E-state index < -0.39 is 0 Å². The zero-order valence-electron chi connectivity index (χ0n) is 19.9. The van der Waals surface area contributed by atoms with Gasteiger partial charge in [-0.2, -0.15) is 0 Å². The molecule has 6 heteroatoms. The molecule has 1 N–H and O–H groups in total. The van der Waals surface area contributed by atoms with Crippen LogP contribution in [0.25, 0.3) is 0 Å². The Bertz CT molecular complexity index is 993. The standard InChI is InChI=1S/C27H34BrN3O2/c1-5-7-8-20(3)21(4)30-15-17-31(18-16-30)24-12-10-23(11-13-24)29-27(32)22-9-14-26(33-6-2)25(28)19-22/h8-14,19H,4-7,15-18H2,1-3H3,(H,29,32)/b20-8+. The quantitative estimate of drug-likeness (QED) is 0.391. The van der Waals surface area contributed by atoms with E-state index in [0.29, 0.717) is 12.2 Å². The Balaban J connectivity index is 1.55. The van der Waals surface area contributed by atoms with Crippen molar-refractivity contribution in [2.45, 2.75) is 33.6 Å². The first-order chi connectivity index (χ1) is 15.9. The van der Waals surface area contributed by atoms with Gasteiger partial charge < -0.3 is 19.9 Å². The number of anilines is 2. The van der Waals surface area contributed by atoms with Gasteiger partial charge in [0.2, 0.25) is 0 Å². The minimum atomic E-state index is -0.148. The summed E-state index contributed by atoms with van der Waals surface area (Å²) in [6.45, 7) is 15.0. The smallest absolute Gasteiger partial charge is 0.255 e. The first kappa shape index (κ1) is 24.9. The highest BCUT2D eigenvalue weighted by Crippen LogP contribution is 2.27. The van der Waals surface area contributed by atoms with Gasteiger partial charge in [0.05, 0.1) is 11.1 Å². The van der Waals surface area contributed by atoms with Gasteiger partial charge >= 0.3 is 0 Å². The van der Waals surface area contributed by atoms with Gasteiger partial charge in [0.15, 0.2) is 0 Å². The lowest BCUT2D eigenvalue weighted by Gasteiger charge is -2.38. The SMILES string of the molecule is C=C(/C(C)=C/CCC)N1CCN(c2ccc(NC(=O)c3ccc(OCC)c(Br)c3)cc2)CC1. The number of nitrogens with zero attached hydrogens (tertiary/aromatic N) is 2. The van der Waals surface area contributed by atoms with E-state index in [0.717, 1.165) is 60.6 Å². The van der Waals surface area contributed by atoms with Gasteiger partial charge in [0.1, 0.15) is 5.75 Å². The van der Waals surface area contributed by atoms with E-state index in [1.807, 2.05) is 19.1 Å². The summed E-state index contributed by atoms with van der Waals surface area (Å²) in [4.78, 5) is 17.4. The summed E-state index contributed by atoms with van der Waals surface area (Å²) in [7, 11) is 0. The van der Waals surface area contributed by atoms with Crippen molar-refractivity contribution in [2.24, 2.45) is 0 Å². The highest BCUT2D eigenvalue weighted by atomic mass is 79.9. The number of piperazine rings is 1. The number of ether oxygens (including phenoxy) is 1. The zero-order chi connectivity index (χ0) is 23.8. The van der Waals surface area contributed by atoms with Crippen LogP contribution in [0.4, 0.5) is 11.4 Å². The molecule has 3 rings (SSSR count). The number of unbranched alkanes of at least 4 members (excludes halogenated alkanes) is 1. The molecule has 1 saturated heterocycles. The number of carbonyl (C=O) groups excluding carboxylic acids is 1. The first-order valence-corrected chi connectivity index (χ1v) is 12.4. The third kappa shape index (κ3) is 6.64. The molecule has 1 amide bonds. The Labute approximate surface area is 206 Å². The van der Waals surface area contributed by atoms with Crippen molar-refractivity contribution < 1.29 is 9.53 Å². The van der Waals surface area contributed by atoms with Gasteiger partial charge in [-0.05, 0) is 84.2 Å². The summed E-state index contributed by atoms with van der Waals surface area (Å²) < 4.78 is 6.28. The molecular weight excluding hydrogens is 478 g/mol. The van der Waals surface area contributed by atoms with Crippen LogP contribution in [0.5, 0.6) is 5.75 Å². The van der Waals surface area contributed by atoms with Crippen molar-refractivity contribution >= 4 is 33.2 Å². The number of hydrogen-bond acceptors (Lipinski definition) is 4. The average Bonchev–Trinajstić information content (AvgIpc) is 2.84. The minimum absolute atomic E-state index is 0.148. The third-order valence-corrected chi connectivity index (χ3v) is 6.46. The second-order valence-electron chi connectivity index (χ2n) is 8.18. The summed E-state index contributed by atoms with van der Waals surface area (Å²) >= 11 is 3.46. The lowest BCUT2D eigenvalue weighted by Crippen LogP contribution is -2.45. The molecule has 2 aromatic rings. The molecule has 0 spiro atoms. The third-order valence-electron chi connectivity index (χ3n) is 5.84. The molecule has 0 unspecified atom stereocenters. The van der Waals surface area contributed by atoms with E-state index >= 15 is 0 Å². The fourth-order valence-electron chi connectivity index (χ4n) is 3.84. The van der Waals surface area contributed by atoms with E-state index in [2.05, 4.69) is 69.7 Å². The largest absolute Gasteiger partial charge is 0.493 e. The number of hydrogen-bond donors (Lipinski definition) is 1. The van der Waals surface area contributed by atoms with Crippen molar-refractivity contribution in [3.05, 3.63) is 76.4 Å². The summed E-state index contributed by atoms with van der Waals surface area (Å²) in [5, 5.41) is 2.97. The Hall–Kier alpha value is -2.73. The van der Waals surface area contributed by atoms with E-state index in [1.165, 1.54) is 11.3 Å². The van der Waals surface area contributed by atoms with Gasteiger partial charge in [-0.1, -0.05) is 26.0 Å².